The average molecular weight is 574 g/mol. The minimum absolute atomic E-state index is 0.618. The standard InChI is InChI=1S/C39H76N2/c1-5-7-9-11-13-15-17-19-20-22-24-26-28-30-32-34-38(4)41-36-35-40-39(41)37(3)33-31-29-27-25-23-21-18-16-14-12-10-8-6-2/h35-38H,5-34H2,1-4H3/p+1. The maximum atomic E-state index is 3.60. The van der Waals surface area contributed by atoms with Crippen molar-refractivity contribution in [2.75, 3.05) is 0 Å². The molecule has 1 rings (SSSR count). The topological polar surface area (TPSA) is 19.7 Å². The molecule has 242 valence electrons. The van der Waals surface area contributed by atoms with Gasteiger partial charge in [0.1, 0.15) is 12.4 Å². The minimum atomic E-state index is 0.618. The van der Waals surface area contributed by atoms with Gasteiger partial charge in [-0.05, 0) is 26.2 Å². The fourth-order valence-electron chi connectivity index (χ4n) is 6.69. The number of nitrogens with one attached hydrogen (secondary N) is 1. The second kappa shape index (κ2) is 29.3. The molecule has 0 aliphatic rings. The second-order valence-corrected chi connectivity index (χ2v) is 13.8. The van der Waals surface area contributed by atoms with E-state index in [-0.39, 0.29) is 0 Å². The first-order chi connectivity index (χ1) is 20.2. The van der Waals surface area contributed by atoms with Crippen LogP contribution in [0.25, 0.3) is 0 Å². The molecule has 2 atom stereocenters. The molecule has 41 heavy (non-hydrogen) atoms. The normalized spacial score (nSPS) is 13.2. The summed E-state index contributed by atoms with van der Waals surface area (Å²) >= 11 is 0. The van der Waals surface area contributed by atoms with Gasteiger partial charge in [-0.15, -0.1) is 0 Å². The van der Waals surface area contributed by atoms with E-state index in [4.69, 9.17) is 0 Å². The van der Waals surface area contributed by atoms with Crippen LogP contribution in [0.2, 0.25) is 0 Å². The van der Waals surface area contributed by atoms with Gasteiger partial charge in [-0.3, -0.25) is 0 Å². The lowest BCUT2D eigenvalue weighted by Gasteiger charge is -2.14. The van der Waals surface area contributed by atoms with E-state index < -0.39 is 0 Å². The van der Waals surface area contributed by atoms with Gasteiger partial charge in [0.05, 0.1) is 12.0 Å². The van der Waals surface area contributed by atoms with E-state index in [0.717, 1.165) is 0 Å². The molecule has 0 spiro atoms. The molecule has 0 aromatic carbocycles. The average Bonchev–Trinajstić information content (AvgIpc) is 3.48. The lowest BCUT2D eigenvalue weighted by molar-refractivity contribution is -0.727. The highest BCUT2D eigenvalue weighted by Gasteiger charge is 2.22. The van der Waals surface area contributed by atoms with Gasteiger partial charge < -0.3 is 0 Å². The monoisotopic (exact) mass is 574 g/mol. The Morgan fingerprint density at radius 2 is 0.780 bits per heavy atom. The number of nitrogens with zero attached hydrogens (tertiary/aromatic N) is 1. The third kappa shape index (κ3) is 22.4. The summed E-state index contributed by atoms with van der Waals surface area (Å²) in [7, 11) is 0. The van der Waals surface area contributed by atoms with Crippen molar-refractivity contribution in [3.05, 3.63) is 18.2 Å². The van der Waals surface area contributed by atoms with Crippen LogP contribution in [0.5, 0.6) is 0 Å². The van der Waals surface area contributed by atoms with Crippen molar-refractivity contribution in [1.29, 1.82) is 0 Å². The van der Waals surface area contributed by atoms with Gasteiger partial charge >= 0.3 is 0 Å². The number of hydrogen-bond acceptors (Lipinski definition) is 0. The van der Waals surface area contributed by atoms with Crippen molar-refractivity contribution in [3.63, 3.8) is 0 Å². The number of unbranched alkanes of at least 4 members (excludes halogenated alkanes) is 26. The predicted molar refractivity (Wildman–Crippen MR) is 184 cm³/mol. The van der Waals surface area contributed by atoms with Crippen LogP contribution in [-0.2, 0) is 0 Å². The lowest BCUT2D eigenvalue weighted by Crippen LogP contribution is -2.40. The maximum absolute atomic E-state index is 3.60. The Hall–Kier alpha value is -0.790. The largest absolute Gasteiger partial charge is 0.257 e. The van der Waals surface area contributed by atoms with Crippen molar-refractivity contribution >= 4 is 0 Å². The molecule has 0 amide bonds. The van der Waals surface area contributed by atoms with Gasteiger partial charge in [-0.2, -0.15) is 0 Å². The van der Waals surface area contributed by atoms with E-state index in [1.165, 1.54) is 198 Å². The van der Waals surface area contributed by atoms with Gasteiger partial charge in [0, 0.05) is 0 Å². The zero-order chi connectivity index (χ0) is 29.6. The molecule has 0 aliphatic carbocycles. The first kappa shape index (κ1) is 38.2. The van der Waals surface area contributed by atoms with E-state index in [1.807, 2.05) is 0 Å². The van der Waals surface area contributed by atoms with Crippen molar-refractivity contribution in [3.8, 4) is 0 Å². The van der Waals surface area contributed by atoms with Crippen LogP contribution < -0.4 is 4.57 Å². The van der Waals surface area contributed by atoms with Crippen molar-refractivity contribution in [2.45, 2.75) is 232 Å². The third-order valence-corrected chi connectivity index (χ3v) is 9.65. The van der Waals surface area contributed by atoms with Gasteiger partial charge in [-0.1, -0.05) is 194 Å². The van der Waals surface area contributed by atoms with Crippen LogP contribution in [0.3, 0.4) is 0 Å². The quantitative estimate of drug-likeness (QED) is 0.0653. The lowest BCUT2D eigenvalue weighted by atomic mass is 9.99. The highest BCUT2D eigenvalue weighted by Crippen LogP contribution is 2.21. The predicted octanol–water partition coefficient (Wildman–Crippen LogP) is 13.7. The number of aromatic nitrogens is 2. The zero-order valence-corrected chi connectivity index (χ0v) is 29.0. The molecule has 0 aliphatic heterocycles. The molecule has 2 nitrogen and oxygen atoms in total. The Kier molecular flexibility index (Phi) is 27.3. The van der Waals surface area contributed by atoms with E-state index in [0.29, 0.717) is 12.0 Å². The van der Waals surface area contributed by atoms with Crippen LogP contribution in [-0.4, -0.2) is 4.98 Å². The highest BCUT2D eigenvalue weighted by atomic mass is 15.1. The summed E-state index contributed by atoms with van der Waals surface area (Å²) in [6.45, 7) is 9.48. The van der Waals surface area contributed by atoms with Crippen LogP contribution in [0.15, 0.2) is 12.4 Å². The summed E-state index contributed by atoms with van der Waals surface area (Å²) in [5, 5.41) is 0. The highest BCUT2D eigenvalue weighted by molar-refractivity contribution is 4.87. The van der Waals surface area contributed by atoms with E-state index in [1.54, 1.807) is 0 Å². The Morgan fingerprint density at radius 1 is 0.463 bits per heavy atom. The molecule has 1 N–H and O–H groups in total. The van der Waals surface area contributed by atoms with E-state index in [2.05, 4.69) is 49.6 Å². The second-order valence-electron chi connectivity index (χ2n) is 13.8. The number of aromatic amines is 1. The van der Waals surface area contributed by atoms with Gasteiger partial charge in [0.2, 0.25) is 0 Å². The molecule has 0 saturated heterocycles. The Morgan fingerprint density at radius 3 is 1.15 bits per heavy atom. The molecule has 0 bridgehead atoms. The summed E-state index contributed by atoms with van der Waals surface area (Å²) in [5.41, 5.74) is 0. The Balaban J connectivity index is 1.98. The van der Waals surface area contributed by atoms with Crippen molar-refractivity contribution in [2.24, 2.45) is 0 Å². The summed E-state index contributed by atoms with van der Waals surface area (Å²) in [6, 6.07) is 0.618. The van der Waals surface area contributed by atoms with Crippen LogP contribution in [0.1, 0.15) is 238 Å². The molecule has 1 aromatic rings. The zero-order valence-electron chi connectivity index (χ0n) is 29.0. The summed E-state index contributed by atoms with van der Waals surface area (Å²) in [4.78, 5) is 3.60. The summed E-state index contributed by atoms with van der Waals surface area (Å²) in [6.07, 6.45) is 47.5. The Labute approximate surface area is 259 Å². The molecular formula is C39H77N2+. The summed E-state index contributed by atoms with van der Waals surface area (Å²) in [5.74, 6) is 2.10. The fraction of sp³-hybridized carbons (Fsp3) is 0.923. The molecular weight excluding hydrogens is 496 g/mol. The van der Waals surface area contributed by atoms with Crippen molar-refractivity contribution < 1.29 is 4.57 Å². The Bertz CT molecular complexity index is 635. The number of H-pyrrole nitrogens is 1. The number of hydrogen-bond donors (Lipinski definition) is 1. The minimum Gasteiger partial charge on any atom is -0.247 e. The molecule has 2 unspecified atom stereocenters. The first-order valence-electron chi connectivity index (χ1n) is 19.3. The number of imidazole rings is 1. The molecule has 0 saturated carbocycles. The van der Waals surface area contributed by atoms with Gasteiger partial charge in [-0.25, -0.2) is 9.55 Å². The first-order valence-corrected chi connectivity index (χ1v) is 19.3. The molecule has 0 radical (unpaired) electrons. The third-order valence-electron chi connectivity index (χ3n) is 9.65. The van der Waals surface area contributed by atoms with Crippen molar-refractivity contribution in [1.82, 2.24) is 4.98 Å². The number of rotatable bonds is 32. The van der Waals surface area contributed by atoms with Crippen LogP contribution in [0.4, 0.5) is 0 Å². The van der Waals surface area contributed by atoms with E-state index in [9.17, 15) is 0 Å². The van der Waals surface area contributed by atoms with Gasteiger partial charge in [0.25, 0.3) is 5.82 Å². The van der Waals surface area contributed by atoms with E-state index >= 15 is 0 Å². The smallest absolute Gasteiger partial charge is 0.247 e. The van der Waals surface area contributed by atoms with Crippen LogP contribution in [0, 0.1) is 0 Å². The maximum Gasteiger partial charge on any atom is 0.257 e. The fourth-order valence-corrected chi connectivity index (χ4v) is 6.69. The van der Waals surface area contributed by atoms with Gasteiger partial charge in [0.15, 0.2) is 0 Å². The molecule has 0 fully saturated rings. The SMILES string of the molecule is CCCCCCCCCCCCCCCCCC(C)[n+]1cc[nH]c1C(C)CCCCCCCCCCCCCCC. The molecule has 2 heteroatoms. The van der Waals surface area contributed by atoms with Crippen LogP contribution >= 0.6 is 0 Å². The summed E-state index contributed by atoms with van der Waals surface area (Å²) < 4.78 is 2.55. The molecule has 1 aromatic heterocycles. The molecule has 1 heterocycles.